The van der Waals surface area contributed by atoms with Gasteiger partial charge in [-0.25, -0.2) is 0 Å². The minimum Gasteiger partial charge on any atom is -0.330 e. The molecule has 1 aliphatic rings. The van der Waals surface area contributed by atoms with Gasteiger partial charge in [0.15, 0.2) is 5.01 Å². The zero-order chi connectivity index (χ0) is 16.2. The van der Waals surface area contributed by atoms with E-state index in [1.807, 2.05) is 6.07 Å². The number of piperidine rings is 1. The van der Waals surface area contributed by atoms with Crippen LogP contribution in [0.4, 0.5) is 10.8 Å². The Bertz CT molecular complexity index is 759. The molecular weight excluding hydrogens is 336 g/mol. The van der Waals surface area contributed by atoms with Crippen LogP contribution >= 0.6 is 22.7 Å². The van der Waals surface area contributed by atoms with Gasteiger partial charge in [0, 0.05) is 12.2 Å². The van der Waals surface area contributed by atoms with E-state index in [4.69, 9.17) is 0 Å². The number of benzene rings is 1. The highest BCUT2D eigenvalue weighted by Gasteiger charge is 2.11. The largest absolute Gasteiger partial charge is 0.330 e. The number of aromatic nitrogens is 2. The zero-order valence-corrected chi connectivity index (χ0v) is 15.1. The third-order valence-corrected chi connectivity index (χ3v) is 6.09. The molecule has 24 heavy (non-hydrogen) atoms. The van der Waals surface area contributed by atoms with Gasteiger partial charge in [0.2, 0.25) is 5.13 Å². The molecule has 0 atom stereocenters. The van der Waals surface area contributed by atoms with Crippen molar-refractivity contribution in [2.45, 2.75) is 25.8 Å². The average Bonchev–Trinajstić information content (AvgIpc) is 3.29. The van der Waals surface area contributed by atoms with Crippen LogP contribution in [0.25, 0.3) is 9.88 Å². The molecule has 0 amide bonds. The Morgan fingerprint density at radius 1 is 1.00 bits per heavy atom. The molecule has 0 unspecified atom stereocenters. The van der Waals surface area contributed by atoms with Gasteiger partial charge in [-0.05, 0) is 55.1 Å². The van der Waals surface area contributed by atoms with E-state index < -0.39 is 0 Å². The molecule has 4 nitrogen and oxygen atoms in total. The van der Waals surface area contributed by atoms with Crippen molar-refractivity contribution in [3.63, 3.8) is 0 Å². The van der Waals surface area contributed by atoms with E-state index in [2.05, 4.69) is 56.1 Å². The van der Waals surface area contributed by atoms with E-state index in [0.29, 0.717) is 0 Å². The fourth-order valence-electron chi connectivity index (χ4n) is 2.97. The van der Waals surface area contributed by atoms with Gasteiger partial charge in [0.1, 0.15) is 0 Å². The van der Waals surface area contributed by atoms with E-state index in [-0.39, 0.29) is 0 Å². The molecule has 0 saturated carbocycles. The summed E-state index contributed by atoms with van der Waals surface area (Å²) in [6.07, 6.45) is 4.06. The number of anilines is 2. The Balaban J connectivity index is 1.38. The Labute approximate surface area is 150 Å². The van der Waals surface area contributed by atoms with Gasteiger partial charge >= 0.3 is 0 Å². The summed E-state index contributed by atoms with van der Waals surface area (Å²) in [4.78, 5) is 3.71. The highest BCUT2D eigenvalue weighted by molar-refractivity contribution is 7.22. The summed E-state index contributed by atoms with van der Waals surface area (Å²) in [7, 11) is 0. The molecule has 0 aliphatic carbocycles. The lowest BCUT2D eigenvalue weighted by atomic mass is 10.1. The molecule has 6 heteroatoms. The minimum absolute atomic E-state index is 0.835. The van der Waals surface area contributed by atoms with Crippen molar-refractivity contribution in [2.75, 3.05) is 18.4 Å². The quantitative estimate of drug-likeness (QED) is 0.699. The lowest BCUT2D eigenvalue weighted by Gasteiger charge is -2.26. The highest BCUT2D eigenvalue weighted by Crippen LogP contribution is 2.31. The molecule has 3 aromatic rings. The van der Waals surface area contributed by atoms with Crippen LogP contribution < -0.4 is 5.32 Å². The van der Waals surface area contributed by atoms with Gasteiger partial charge in [-0.3, -0.25) is 4.90 Å². The van der Waals surface area contributed by atoms with Gasteiger partial charge < -0.3 is 5.32 Å². The van der Waals surface area contributed by atoms with Crippen molar-refractivity contribution in [1.82, 2.24) is 15.1 Å². The maximum absolute atomic E-state index is 4.26. The molecular formula is C18H20N4S2. The van der Waals surface area contributed by atoms with E-state index in [9.17, 15) is 0 Å². The molecule has 2 aromatic heterocycles. The number of nitrogens with zero attached hydrogens (tertiary/aromatic N) is 3. The summed E-state index contributed by atoms with van der Waals surface area (Å²) in [5.74, 6) is 0. The zero-order valence-electron chi connectivity index (χ0n) is 13.4. The van der Waals surface area contributed by atoms with Crippen LogP contribution in [0.1, 0.15) is 24.8 Å². The second-order valence-electron chi connectivity index (χ2n) is 6.05. The molecule has 1 fully saturated rings. The van der Waals surface area contributed by atoms with E-state index in [0.717, 1.165) is 27.2 Å². The Kier molecular flexibility index (Phi) is 4.87. The van der Waals surface area contributed by atoms with Crippen molar-refractivity contribution >= 4 is 33.5 Å². The van der Waals surface area contributed by atoms with E-state index in [1.165, 1.54) is 37.9 Å². The van der Waals surface area contributed by atoms with Crippen LogP contribution in [0.2, 0.25) is 0 Å². The first-order chi connectivity index (χ1) is 11.9. The Morgan fingerprint density at radius 2 is 1.83 bits per heavy atom. The molecule has 1 saturated heterocycles. The molecule has 0 spiro atoms. The van der Waals surface area contributed by atoms with Crippen LogP contribution in [0.15, 0.2) is 41.8 Å². The standard InChI is InChI=1S/C18H20N4S2/c1-2-10-22(11-3-1)13-14-6-8-15(9-7-14)19-18-21-20-17(24-18)16-5-4-12-23-16/h4-9,12H,1-3,10-11,13H2,(H,19,21). The first-order valence-corrected chi connectivity index (χ1v) is 10.0. The number of likely N-dealkylation sites (tertiary alicyclic amines) is 1. The number of hydrogen-bond donors (Lipinski definition) is 1. The summed E-state index contributed by atoms with van der Waals surface area (Å²) in [6.45, 7) is 3.52. The highest BCUT2D eigenvalue weighted by atomic mass is 32.1. The summed E-state index contributed by atoms with van der Waals surface area (Å²) in [5.41, 5.74) is 2.44. The maximum Gasteiger partial charge on any atom is 0.210 e. The first kappa shape index (κ1) is 15.7. The first-order valence-electron chi connectivity index (χ1n) is 8.32. The summed E-state index contributed by atoms with van der Waals surface area (Å²) in [5, 5.41) is 15.7. The summed E-state index contributed by atoms with van der Waals surface area (Å²) >= 11 is 3.28. The van der Waals surface area contributed by atoms with E-state index in [1.54, 1.807) is 22.7 Å². The third-order valence-electron chi connectivity index (χ3n) is 4.22. The predicted octanol–water partition coefficient (Wildman–Crippen LogP) is 5.00. The maximum atomic E-state index is 4.26. The van der Waals surface area contributed by atoms with Crippen LogP contribution in [-0.2, 0) is 6.54 Å². The topological polar surface area (TPSA) is 41.1 Å². The molecule has 1 N–H and O–H groups in total. The summed E-state index contributed by atoms with van der Waals surface area (Å²) < 4.78 is 0. The fraction of sp³-hybridized carbons (Fsp3) is 0.333. The van der Waals surface area contributed by atoms with Gasteiger partial charge in [-0.15, -0.1) is 21.5 Å². The number of nitrogens with one attached hydrogen (secondary N) is 1. The normalized spacial score (nSPS) is 15.5. The lowest BCUT2D eigenvalue weighted by molar-refractivity contribution is 0.221. The second-order valence-corrected chi connectivity index (χ2v) is 7.97. The summed E-state index contributed by atoms with van der Waals surface area (Å²) in [6, 6.07) is 12.8. The Morgan fingerprint density at radius 3 is 2.58 bits per heavy atom. The van der Waals surface area contributed by atoms with Gasteiger partial charge in [0.25, 0.3) is 0 Å². The van der Waals surface area contributed by atoms with Crippen molar-refractivity contribution in [3.8, 4) is 9.88 Å². The van der Waals surface area contributed by atoms with Crippen molar-refractivity contribution in [3.05, 3.63) is 47.3 Å². The number of hydrogen-bond acceptors (Lipinski definition) is 6. The molecule has 1 aromatic carbocycles. The fourth-order valence-corrected chi connectivity index (χ4v) is 4.52. The van der Waals surface area contributed by atoms with Crippen molar-refractivity contribution in [1.29, 1.82) is 0 Å². The Hall–Kier alpha value is -1.76. The SMILES string of the molecule is c1csc(-c2nnc(Nc3ccc(CN4CCCCC4)cc3)s2)c1. The molecule has 1 aliphatic heterocycles. The van der Waals surface area contributed by atoms with Crippen LogP contribution in [-0.4, -0.2) is 28.2 Å². The molecule has 124 valence electrons. The molecule has 0 bridgehead atoms. The average molecular weight is 357 g/mol. The minimum atomic E-state index is 0.835. The van der Waals surface area contributed by atoms with Crippen LogP contribution in [0, 0.1) is 0 Å². The molecule has 0 radical (unpaired) electrons. The monoisotopic (exact) mass is 356 g/mol. The predicted molar refractivity (Wildman–Crippen MR) is 102 cm³/mol. The van der Waals surface area contributed by atoms with Crippen molar-refractivity contribution < 1.29 is 0 Å². The van der Waals surface area contributed by atoms with Gasteiger partial charge in [-0.2, -0.15) is 0 Å². The second kappa shape index (κ2) is 7.42. The van der Waals surface area contributed by atoms with Crippen molar-refractivity contribution in [2.24, 2.45) is 0 Å². The van der Waals surface area contributed by atoms with Gasteiger partial charge in [0.05, 0.1) is 4.88 Å². The smallest absolute Gasteiger partial charge is 0.210 e. The number of thiophene rings is 1. The molecule has 3 heterocycles. The lowest BCUT2D eigenvalue weighted by Crippen LogP contribution is -2.28. The molecule has 4 rings (SSSR count). The van der Waals surface area contributed by atoms with E-state index >= 15 is 0 Å². The number of rotatable bonds is 5. The van der Waals surface area contributed by atoms with Crippen LogP contribution in [0.3, 0.4) is 0 Å². The third kappa shape index (κ3) is 3.83. The van der Waals surface area contributed by atoms with Crippen LogP contribution in [0.5, 0.6) is 0 Å². The van der Waals surface area contributed by atoms with Gasteiger partial charge in [-0.1, -0.05) is 36.0 Å².